The molecule has 7 heteroatoms. The van der Waals surface area contributed by atoms with E-state index in [2.05, 4.69) is 10.3 Å². The summed E-state index contributed by atoms with van der Waals surface area (Å²) in [5.41, 5.74) is 0.353. The molecule has 22 heavy (non-hydrogen) atoms. The van der Waals surface area contributed by atoms with Crippen LogP contribution in [0.1, 0.15) is 10.4 Å². The molecular weight excluding hydrogens is 311 g/mol. The summed E-state index contributed by atoms with van der Waals surface area (Å²) in [6.07, 6.45) is 0.525. The molecule has 1 aromatic carbocycles. The van der Waals surface area contributed by atoms with E-state index in [0.717, 1.165) is 0 Å². The molecule has 0 radical (unpaired) electrons. The summed E-state index contributed by atoms with van der Waals surface area (Å²) in [5.74, 6) is -0.297. The minimum atomic E-state index is -0.897. The van der Waals surface area contributed by atoms with E-state index in [1.165, 1.54) is 42.6 Å². The third-order valence-electron chi connectivity index (χ3n) is 2.74. The van der Waals surface area contributed by atoms with Crippen LogP contribution in [0.4, 0.5) is 4.39 Å². The van der Waals surface area contributed by atoms with Gasteiger partial charge in [0, 0.05) is 18.3 Å². The number of rotatable bonds is 6. The van der Waals surface area contributed by atoms with Crippen molar-refractivity contribution in [2.24, 2.45) is 0 Å². The first kappa shape index (κ1) is 16.2. The Hall–Kier alpha value is -2.18. The number of carbonyl (C=O) groups is 1. The second kappa shape index (κ2) is 7.72. The lowest BCUT2D eigenvalue weighted by molar-refractivity contribution is 0.0843. The topological polar surface area (TPSA) is 71.5 Å². The molecular formula is C15H14ClFN2O3. The number of aliphatic hydroxyl groups is 1. The number of hydrogen-bond donors (Lipinski definition) is 2. The summed E-state index contributed by atoms with van der Waals surface area (Å²) in [6, 6.07) is 8.38. The average molecular weight is 325 g/mol. The summed E-state index contributed by atoms with van der Waals surface area (Å²) >= 11 is 5.69. The van der Waals surface area contributed by atoms with Crippen molar-refractivity contribution in [1.29, 1.82) is 0 Å². The highest BCUT2D eigenvalue weighted by atomic mass is 35.5. The number of amides is 1. The van der Waals surface area contributed by atoms with Crippen molar-refractivity contribution in [1.82, 2.24) is 10.3 Å². The quantitative estimate of drug-likeness (QED) is 0.798. The largest absolute Gasteiger partial charge is 0.491 e. The smallest absolute Gasteiger partial charge is 0.251 e. The van der Waals surface area contributed by atoms with Gasteiger partial charge in [0.15, 0.2) is 0 Å². The molecule has 1 atom stereocenters. The Morgan fingerprint density at radius 3 is 2.77 bits per heavy atom. The van der Waals surface area contributed by atoms with Gasteiger partial charge < -0.3 is 15.2 Å². The molecule has 1 heterocycles. The van der Waals surface area contributed by atoms with Gasteiger partial charge in [-0.25, -0.2) is 9.37 Å². The number of carbonyl (C=O) groups excluding carboxylic acids is 1. The molecule has 2 aromatic rings. The maximum Gasteiger partial charge on any atom is 0.251 e. The van der Waals surface area contributed by atoms with E-state index in [-0.39, 0.29) is 30.0 Å². The van der Waals surface area contributed by atoms with Gasteiger partial charge in [-0.05, 0) is 36.4 Å². The van der Waals surface area contributed by atoms with Gasteiger partial charge in [0.05, 0.1) is 0 Å². The molecule has 1 amide bonds. The van der Waals surface area contributed by atoms with Crippen LogP contribution >= 0.6 is 11.6 Å². The molecule has 0 saturated heterocycles. The van der Waals surface area contributed by atoms with Crippen LogP contribution in [0.3, 0.4) is 0 Å². The SMILES string of the molecule is O=C(NCC(O)COc1ccc(F)cc1)c1ccnc(Cl)c1. The highest BCUT2D eigenvalue weighted by Crippen LogP contribution is 2.11. The number of nitrogens with zero attached hydrogens (tertiary/aromatic N) is 1. The number of hydrogen-bond acceptors (Lipinski definition) is 4. The maximum atomic E-state index is 12.7. The van der Waals surface area contributed by atoms with Crippen molar-refractivity contribution in [2.45, 2.75) is 6.10 Å². The molecule has 0 aliphatic carbocycles. The molecule has 0 bridgehead atoms. The standard InChI is InChI=1S/C15H14ClFN2O3/c16-14-7-10(5-6-18-14)15(21)19-8-12(20)9-22-13-3-1-11(17)2-4-13/h1-7,12,20H,8-9H2,(H,19,21). The molecule has 1 unspecified atom stereocenters. The first-order valence-electron chi connectivity index (χ1n) is 6.51. The molecule has 2 rings (SSSR count). The van der Waals surface area contributed by atoms with Crippen LogP contribution in [0.2, 0.25) is 5.15 Å². The molecule has 0 aliphatic rings. The van der Waals surface area contributed by atoms with Gasteiger partial charge in [-0.15, -0.1) is 0 Å². The van der Waals surface area contributed by atoms with Crippen molar-refractivity contribution in [3.8, 4) is 5.75 Å². The van der Waals surface area contributed by atoms with Gasteiger partial charge in [-0.1, -0.05) is 11.6 Å². The highest BCUT2D eigenvalue weighted by molar-refractivity contribution is 6.29. The zero-order chi connectivity index (χ0) is 15.9. The molecule has 0 fully saturated rings. The second-order valence-electron chi connectivity index (χ2n) is 4.50. The lowest BCUT2D eigenvalue weighted by Crippen LogP contribution is -2.35. The van der Waals surface area contributed by atoms with Crippen LogP contribution in [0.5, 0.6) is 5.75 Å². The van der Waals surface area contributed by atoms with Crippen molar-refractivity contribution in [3.05, 3.63) is 59.1 Å². The molecule has 1 aromatic heterocycles. The van der Waals surface area contributed by atoms with Crippen LogP contribution in [-0.4, -0.2) is 35.3 Å². The Labute approximate surface area is 131 Å². The fraction of sp³-hybridized carbons (Fsp3) is 0.200. The zero-order valence-electron chi connectivity index (χ0n) is 11.5. The maximum absolute atomic E-state index is 12.7. The van der Waals surface area contributed by atoms with E-state index >= 15 is 0 Å². The molecule has 0 spiro atoms. The van der Waals surface area contributed by atoms with Gasteiger partial charge in [0.1, 0.15) is 29.4 Å². The number of aromatic nitrogens is 1. The number of ether oxygens (including phenoxy) is 1. The van der Waals surface area contributed by atoms with Gasteiger partial charge >= 0.3 is 0 Å². The molecule has 116 valence electrons. The minimum absolute atomic E-state index is 0.0139. The first-order chi connectivity index (χ1) is 10.5. The average Bonchev–Trinajstić information content (AvgIpc) is 2.52. The number of benzene rings is 1. The number of aliphatic hydroxyl groups excluding tert-OH is 1. The molecule has 0 aliphatic heterocycles. The fourth-order valence-electron chi connectivity index (χ4n) is 1.64. The summed E-state index contributed by atoms with van der Waals surface area (Å²) in [5, 5.41) is 12.5. The van der Waals surface area contributed by atoms with E-state index < -0.39 is 6.10 Å². The van der Waals surface area contributed by atoms with Crippen molar-refractivity contribution in [3.63, 3.8) is 0 Å². The van der Waals surface area contributed by atoms with Gasteiger partial charge in [0.2, 0.25) is 0 Å². The van der Waals surface area contributed by atoms with Crippen LogP contribution in [0, 0.1) is 5.82 Å². The Kier molecular flexibility index (Phi) is 5.68. The summed E-state index contributed by atoms with van der Waals surface area (Å²) in [7, 11) is 0. The first-order valence-corrected chi connectivity index (χ1v) is 6.88. The third-order valence-corrected chi connectivity index (χ3v) is 2.95. The normalized spacial score (nSPS) is 11.8. The third kappa shape index (κ3) is 4.98. The molecule has 2 N–H and O–H groups in total. The Balaban J connectivity index is 1.76. The van der Waals surface area contributed by atoms with E-state index in [1.807, 2.05) is 0 Å². The number of pyridine rings is 1. The predicted octanol–water partition coefficient (Wildman–Crippen LogP) is 2.04. The molecule has 0 saturated carbocycles. The van der Waals surface area contributed by atoms with Crippen molar-refractivity contribution < 1.29 is 19.0 Å². The lowest BCUT2D eigenvalue weighted by Gasteiger charge is -2.13. The molecule has 5 nitrogen and oxygen atoms in total. The van der Waals surface area contributed by atoms with Crippen molar-refractivity contribution >= 4 is 17.5 Å². The monoisotopic (exact) mass is 324 g/mol. The van der Waals surface area contributed by atoms with E-state index in [0.29, 0.717) is 11.3 Å². The van der Waals surface area contributed by atoms with Gasteiger partial charge in [0.25, 0.3) is 5.91 Å². The zero-order valence-corrected chi connectivity index (χ0v) is 12.3. The van der Waals surface area contributed by atoms with Crippen LogP contribution in [0.25, 0.3) is 0 Å². The van der Waals surface area contributed by atoms with Gasteiger partial charge in [-0.3, -0.25) is 4.79 Å². The number of halogens is 2. The Bertz CT molecular complexity index is 637. The van der Waals surface area contributed by atoms with Gasteiger partial charge in [-0.2, -0.15) is 0 Å². The van der Waals surface area contributed by atoms with E-state index in [9.17, 15) is 14.3 Å². The van der Waals surface area contributed by atoms with Crippen molar-refractivity contribution in [2.75, 3.05) is 13.2 Å². The lowest BCUT2D eigenvalue weighted by atomic mass is 10.2. The Morgan fingerprint density at radius 1 is 1.36 bits per heavy atom. The summed E-state index contributed by atoms with van der Waals surface area (Å²) in [6.45, 7) is -0.0109. The van der Waals surface area contributed by atoms with E-state index in [4.69, 9.17) is 16.3 Å². The van der Waals surface area contributed by atoms with E-state index in [1.54, 1.807) is 0 Å². The number of nitrogens with one attached hydrogen (secondary N) is 1. The minimum Gasteiger partial charge on any atom is -0.491 e. The second-order valence-corrected chi connectivity index (χ2v) is 4.88. The highest BCUT2D eigenvalue weighted by Gasteiger charge is 2.10. The summed E-state index contributed by atoms with van der Waals surface area (Å²) in [4.78, 5) is 15.6. The van der Waals surface area contributed by atoms with Crippen LogP contribution in [-0.2, 0) is 0 Å². The summed E-state index contributed by atoms with van der Waals surface area (Å²) < 4.78 is 18.0. The van der Waals surface area contributed by atoms with Crippen LogP contribution < -0.4 is 10.1 Å². The Morgan fingerprint density at radius 2 is 2.09 bits per heavy atom. The van der Waals surface area contributed by atoms with Crippen LogP contribution in [0.15, 0.2) is 42.6 Å². The fourth-order valence-corrected chi connectivity index (χ4v) is 1.81. The predicted molar refractivity (Wildman–Crippen MR) is 79.5 cm³/mol.